The van der Waals surface area contributed by atoms with Crippen molar-refractivity contribution in [1.29, 1.82) is 0 Å². The second kappa shape index (κ2) is 13.3. The quantitative estimate of drug-likeness (QED) is 0.0905. The Labute approximate surface area is 315 Å². The van der Waals surface area contributed by atoms with Crippen molar-refractivity contribution in [2.45, 2.75) is 76.9 Å². The van der Waals surface area contributed by atoms with Crippen LogP contribution in [0.3, 0.4) is 0 Å². The van der Waals surface area contributed by atoms with E-state index in [0.717, 1.165) is 75.2 Å². The first kappa shape index (κ1) is 35.9. The molecule has 8 rings (SSSR count). The zero-order valence-corrected chi connectivity index (χ0v) is 32.9. The minimum atomic E-state index is -0.387. The number of carbonyl (C=O) groups is 1. The van der Waals surface area contributed by atoms with Gasteiger partial charge in [0.15, 0.2) is 23.0 Å². The molecule has 4 N–H and O–H groups in total. The summed E-state index contributed by atoms with van der Waals surface area (Å²) in [5.41, 5.74) is 15.2. The maximum Gasteiger partial charge on any atom is 0.308 e. The molecule has 0 aliphatic carbocycles. The van der Waals surface area contributed by atoms with Gasteiger partial charge in [-0.1, -0.05) is 12.1 Å². The van der Waals surface area contributed by atoms with Gasteiger partial charge >= 0.3 is 5.97 Å². The van der Waals surface area contributed by atoms with Gasteiger partial charge in [0.1, 0.15) is 11.8 Å². The van der Waals surface area contributed by atoms with Crippen LogP contribution >= 0.6 is 11.8 Å². The molecule has 4 aliphatic rings. The zero-order chi connectivity index (χ0) is 37.5. The topological polar surface area (TPSA) is 123 Å². The lowest BCUT2D eigenvalue weighted by molar-refractivity contribution is -0.938. The van der Waals surface area contributed by atoms with Crippen molar-refractivity contribution in [2.24, 2.45) is 0 Å². The largest absolute Gasteiger partial charge is 0.504 e. The van der Waals surface area contributed by atoms with Gasteiger partial charge in [0.25, 0.3) is 0 Å². The minimum absolute atomic E-state index is 0.109. The van der Waals surface area contributed by atoms with Crippen molar-refractivity contribution in [1.82, 2.24) is 14.8 Å². The lowest BCUT2D eigenvalue weighted by Gasteiger charge is -2.43. The molecule has 11 nitrogen and oxygen atoms in total. The Balaban J connectivity index is 1.37. The summed E-state index contributed by atoms with van der Waals surface area (Å²) < 4.78 is 25.0. The second-order valence-corrected chi connectivity index (χ2v) is 17.0. The fourth-order valence-corrected chi connectivity index (χ4v) is 11.8. The highest BCUT2D eigenvalue weighted by atomic mass is 32.2. The van der Waals surface area contributed by atoms with Gasteiger partial charge in [-0.15, -0.1) is 11.8 Å². The summed E-state index contributed by atoms with van der Waals surface area (Å²) >= 11 is 1.91. The number of hydrogen-bond donors (Lipinski definition) is 3. The number of hydrogen-bond acceptors (Lipinski definition) is 10. The summed E-state index contributed by atoms with van der Waals surface area (Å²) in [5.74, 6) is 2.92. The van der Waals surface area contributed by atoms with Gasteiger partial charge in [-0.2, -0.15) is 0 Å². The van der Waals surface area contributed by atoms with Gasteiger partial charge in [0, 0.05) is 58.2 Å². The van der Waals surface area contributed by atoms with Gasteiger partial charge < -0.3 is 39.3 Å². The molecule has 6 unspecified atom stereocenters. The Morgan fingerprint density at radius 2 is 1.87 bits per heavy atom. The number of benzene rings is 3. The molecule has 4 aromatic rings. The first-order valence-electron chi connectivity index (χ1n) is 18.6. The molecular weight excluding hydrogens is 691 g/mol. The van der Waals surface area contributed by atoms with Crippen molar-refractivity contribution in [3.05, 3.63) is 69.4 Å². The fraction of sp³-hybridized carbons (Fsp3) is 0.488. The Morgan fingerprint density at radius 1 is 1.11 bits per heavy atom. The van der Waals surface area contributed by atoms with E-state index in [0.29, 0.717) is 29.7 Å². The monoisotopic (exact) mass is 742 g/mol. The number of nitrogens with two attached hydrogens (primary N) is 1. The second-order valence-electron chi connectivity index (χ2n) is 15.8. The molecule has 6 atom stereocenters. The predicted molar refractivity (Wildman–Crippen MR) is 208 cm³/mol. The van der Waals surface area contributed by atoms with Crippen molar-refractivity contribution in [2.75, 3.05) is 59.2 Å². The Hall–Kier alpha value is -4.10. The standard InChI is InChI=1S/C41H51N5O6S/c1-21-11-13-28(36(48)37(21)49-8)34-35-41(32-23(3)39-40(51-20-50-39)24(4)38(32)52-25(5)47)53-18-31-33-27(29-16-26(42)12-14-30(29)43-33)10-9-15-46(31,7)17-22(2)45(35)19-44(34)6/h11-14,16,22,31,34-35,41,43H,9-10,15,17-20,42H2,1-8H3/p+1. The summed E-state index contributed by atoms with van der Waals surface area (Å²) in [6.07, 6.45) is 2.07. The van der Waals surface area contributed by atoms with Crippen molar-refractivity contribution in [3.63, 3.8) is 0 Å². The molecule has 5 heterocycles. The summed E-state index contributed by atoms with van der Waals surface area (Å²) in [5, 5.41) is 12.9. The number of fused-ring (bicyclic) bond motifs is 7. The molecular formula is C41H52N5O6S+. The van der Waals surface area contributed by atoms with Gasteiger partial charge in [0.2, 0.25) is 6.79 Å². The van der Waals surface area contributed by atoms with Gasteiger partial charge in [-0.05, 0) is 70.5 Å². The van der Waals surface area contributed by atoms with Crippen molar-refractivity contribution < 1.29 is 33.3 Å². The Bertz CT molecular complexity index is 2120. The smallest absolute Gasteiger partial charge is 0.308 e. The number of H-pyrrole nitrogens is 1. The highest BCUT2D eigenvalue weighted by Gasteiger charge is 2.53. The number of aromatic hydroxyl groups is 1. The van der Waals surface area contributed by atoms with Crippen LogP contribution < -0.4 is 24.7 Å². The first-order valence-corrected chi connectivity index (χ1v) is 19.7. The Morgan fingerprint density at radius 3 is 2.60 bits per heavy atom. The number of rotatable bonds is 4. The number of likely N-dealkylation sites (N-methyl/N-ethyl adjacent to an activating group) is 2. The minimum Gasteiger partial charge on any atom is -0.504 e. The number of nitrogen functional groups attached to an aromatic ring is 1. The maximum absolute atomic E-state index is 12.9. The molecule has 282 valence electrons. The summed E-state index contributed by atoms with van der Waals surface area (Å²) in [6.45, 7) is 12.5. The number of phenols is 1. The number of phenolic OH excluding ortho intramolecular Hbond substituents is 1. The van der Waals surface area contributed by atoms with Crippen LogP contribution in [0.4, 0.5) is 5.69 Å². The van der Waals surface area contributed by atoms with E-state index < -0.39 is 0 Å². The number of nitrogens with one attached hydrogen (secondary N) is 1. The molecule has 2 saturated heterocycles. The van der Waals surface area contributed by atoms with E-state index in [9.17, 15) is 9.90 Å². The van der Waals surface area contributed by atoms with E-state index >= 15 is 0 Å². The highest BCUT2D eigenvalue weighted by molar-refractivity contribution is 7.99. The average Bonchev–Trinajstić information content (AvgIpc) is 3.81. The van der Waals surface area contributed by atoms with Gasteiger partial charge in [-0.25, -0.2) is 0 Å². The van der Waals surface area contributed by atoms with E-state index in [1.807, 2.05) is 43.8 Å². The van der Waals surface area contributed by atoms with E-state index in [2.05, 4.69) is 54.9 Å². The number of esters is 1. The molecule has 3 aromatic carbocycles. The van der Waals surface area contributed by atoms with E-state index in [1.165, 1.54) is 23.6 Å². The number of carbonyl (C=O) groups excluding carboxylic acids is 1. The van der Waals surface area contributed by atoms with Crippen LogP contribution in [0.15, 0.2) is 30.3 Å². The first-order chi connectivity index (χ1) is 25.3. The van der Waals surface area contributed by atoms with Crippen LogP contribution in [-0.4, -0.2) is 95.9 Å². The fourth-order valence-electron chi connectivity index (χ4n) is 9.97. The predicted octanol–water partition coefficient (Wildman–Crippen LogP) is 6.67. The zero-order valence-electron chi connectivity index (χ0n) is 32.0. The number of quaternary nitrogens is 1. The number of aromatic nitrogens is 1. The van der Waals surface area contributed by atoms with Crippen LogP contribution in [-0.2, 0) is 11.2 Å². The van der Waals surface area contributed by atoms with E-state index in [4.69, 9.17) is 24.7 Å². The van der Waals surface area contributed by atoms with Crippen LogP contribution in [0, 0.1) is 20.8 Å². The molecule has 2 fully saturated rings. The molecule has 53 heavy (non-hydrogen) atoms. The lowest BCUT2D eigenvalue weighted by atomic mass is 9.88. The summed E-state index contributed by atoms with van der Waals surface area (Å²) in [7, 11) is 6.18. The lowest BCUT2D eigenvalue weighted by Crippen LogP contribution is -2.55. The number of ether oxygens (including phenoxy) is 4. The van der Waals surface area contributed by atoms with Crippen LogP contribution in [0.5, 0.6) is 28.7 Å². The van der Waals surface area contributed by atoms with Crippen LogP contribution in [0.1, 0.15) is 76.7 Å². The number of aryl methyl sites for hydroxylation is 2. The molecule has 0 saturated carbocycles. The Kier molecular flexibility index (Phi) is 9.03. The molecule has 0 spiro atoms. The third kappa shape index (κ3) is 5.71. The molecule has 4 aliphatic heterocycles. The molecule has 0 bridgehead atoms. The molecule has 0 amide bonds. The number of nitrogens with zero attached hydrogens (tertiary/aromatic N) is 3. The van der Waals surface area contributed by atoms with Crippen molar-refractivity contribution >= 4 is 34.3 Å². The number of anilines is 1. The number of aromatic amines is 1. The average molecular weight is 743 g/mol. The number of thioether (sulfide) groups is 1. The third-order valence-electron chi connectivity index (χ3n) is 12.4. The summed E-state index contributed by atoms with van der Waals surface area (Å²) in [6, 6.07) is 10.3. The maximum atomic E-state index is 12.9. The molecule has 12 heteroatoms. The highest BCUT2D eigenvalue weighted by Crippen LogP contribution is 2.58. The SMILES string of the molecule is COc1c(C)ccc(C2C3C(c4c(C)c5c(c(C)c4OC(C)=O)OCO5)SCC4c5[nH]c6ccc(N)cc6c5CCC[N+]4(C)CC(C)N3CN2C)c1O. The van der Waals surface area contributed by atoms with Gasteiger partial charge in [-0.3, -0.25) is 14.6 Å². The summed E-state index contributed by atoms with van der Waals surface area (Å²) in [4.78, 5) is 21.8. The van der Waals surface area contributed by atoms with Crippen LogP contribution in [0.2, 0.25) is 0 Å². The van der Waals surface area contributed by atoms with Crippen molar-refractivity contribution in [3.8, 4) is 28.7 Å². The molecule has 1 aromatic heterocycles. The van der Waals surface area contributed by atoms with E-state index in [1.54, 1.807) is 7.11 Å². The molecule has 0 radical (unpaired) electrons. The van der Waals surface area contributed by atoms with Gasteiger partial charge in [0.05, 0.1) is 62.7 Å². The third-order valence-corrected chi connectivity index (χ3v) is 13.8. The normalized spacial score (nSPS) is 27.3. The number of methoxy groups -OCH3 is 1. The van der Waals surface area contributed by atoms with E-state index in [-0.39, 0.29) is 47.9 Å². The van der Waals surface area contributed by atoms with Crippen LogP contribution in [0.25, 0.3) is 10.9 Å².